The number of ether oxygens (including phenoxy) is 1. The number of thioether (sulfide) groups is 1. The van der Waals surface area contributed by atoms with E-state index in [1.165, 1.54) is 11.8 Å². The van der Waals surface area contributed by atoms with E-state index in [-0.39, 0.29) is 17.9 Å². The van der Waals surface area contributed by atoms with Gasteiger partial charge in [-0.1, -0.05) is 27.5 Å². The van der Waals surface area contributed by atoms with E-state index in [4.69, 9.17) is 22.1 Å². The van der Waals surface area contributed by atoms with E-state index in [1.807, 2.05) is 12.1 Å². The highest BCUT2D eigenvalue weighted by molar-refractivity contribution is 9.10. The number of amides is 2. The van der Waals surface area contributed by atoms with Crippen molar-refractivity contribution in [3.8, 4) is 5.75 Å². The smallest absolute Gasteiger partial charge is 0.255 e. The molecule has 0 bridgehead atoms. The molecule has 1 heterocycles. The van der Waals surface area contributed by atoms with Crippen LogP contribution in [0.4, 0.5) is 5.69 Å². The molecule has 8 heteroatoms. The molecule has 130 valence electrons. The van der Waals surface area contributed by atoms with Crippen LogP contribution in [0.3, 0.4) is 0 Å². The molecule has 5 nitrogen and oxygen atoms in total. The molecular weight excluding hydrogens is 428 g/mol. The highest BCUT2D eigenvalue weighted by atomic mass is 79.9. The predicted molar refractivity (Wildman–Crippen MR) is 103 cm³/mol. The number of rotatable bonds is 5. The highest BCUT2D eigenvalue weighted by Gasteiger charge is 2.36. The number of anilines is 1. The number of carbonyl (C=O) groups is 2. The van der Waals surface area contributed by atoms with Crippen molar-refractivity contribution in [2.45, 2.75) is 5.37 Å². The molecule has 1 atom stereocenters. The first-order valence-corrected chi connectivity index (χ1v) is 9.57. The van der Waals surface area contributed by atoms with Crippen LogP contribution in [-0.2, 0) is 9.59 Å². The first-order valence-electron chi connectivity index (χ1n) is 7.35. The number of hydrogen-bond donors (Lipinski definition) is 1. The third kappa shape index (κ3) is 4.11. The summed E-state index contributed by atoms with van der Waals surface area (Å²) in [7, 11) is 0. The second kappa shape index (κ2) is 7.68. The van der Waals surface area contributed by atoms with Crippen LogP contribution in [0.25, 0.3) is 0 Å². The van der Waals surface area contributed by atoms with Crippen molar-refractivity contribution in [1.82, 2.24) is 0 Å². The van der Waals surface area contributed by atoms with Crippen LogP contribution < -0.4 is 15.4 Å². The molecule has 1 fully saturated rings. The molecule has 0 unspecified atom stereocenters. The summed E-state index contributed by atoms with van der Waals surface area (Å²) in [4.78, 5) is 25.2. The van der Waals surface area contributed by atoms with E-state index < -0.39 is 5.91 Å². The zero-order valence-corrected chi connectivity index (χ0v) is 16.1. The number of halogens is 2. The van der Waals surface area contributed by atoms with E-state index in [9.17, 15) is 9.59 Å². The summed E-state index contributed by atoms with van der Waals surface area (Å²) in [6, 6.07) is 12.6. The zero-order valence-electron chi connectivity index (χ0n) is 12.9. The van der Waals surface area contributed by atoms with Gasteiger partial charge in [-0.25, -0.2) is 0 Å². The largest absolute Gasteiger partial charge is 0.483 e. The Bertz CT molecular complexity index is 816. The standard InChI is InChI=1S/C17H14BrClN2O3S/c18-10-1-6-14(24-8-15(20)22)13(7-10)17-21(16(23)9-25-17)12-4-2-11(19)3-5-12/h1-7,17H,8-9H2,(H2,20,22)/t17-/m1/s1. The van der Waals surface area contributed by atoms with Crippen LogP contribution in [0.1, 0.15) is 10.9 Å². The van der Waals surface area contributed by atoms with Gasteiger partial charge in [-0.15, -0.1) is 11.8 Å². The summed E-state index contributed by atoms with van der Waals surface area (Å²) in [5.74, 6) is 0.319. The third-order valence-corrected chi connectivity index (χ3v) is 5.52. The Kier molecular flexibility index (Phi) is 5.56. The lowest BCUT2D eigenvalue weighted by atomic mass is 10.1. The fraction of sp³-hybridized carbons (Fsp3) is 0.176. The van der Waals surface area contributed by atoms with Crippen LogP contribution in [0.15, 0.2) is 46.9 Å². The van der Waals surface area contributed by atoms with E-state index in [0.29, 0.717) is 16.5 Å². The topological polar surface area (TPSA) is 72.6 Å². The summed E-state index contributed by atoms with van der Waals surface area (Å²) in [5, 5.41) is 0.335. The maximum Gasteiger partial charge on any atom is 0.255 e. The van der Waals surface area contributed by atoms with E-state index in [0.717, 1.165) is 15.7 Å². The molecule has 2 amide bonds. The monoisotopic (exact) mass is 440 g/mol. The Morgan fingerprint density at radius 3 is 2.72 bits per heavy atom. The van der Waals surface area contributed by atoms with Gasteiger partial charge < -0.3 is 10.5 Å². The SMILES string of the molecule is NC(=O)COc1ccc(Br)cc1[C@H]1SCC(=O)N1c1ccc(Cl)cc1. The maximum atomic E-state index is 12.5. The average Bonchev–Trinajstić information content (AvgIpc) is 2.96. The molecule has 25 heavy (non-hydrogen) atoms. The Morgan fingerprint density at radius 2 is 2.04 bits per heavy atom. The lowest BCUT2D eigenvalue weighted by Gasteiger charge is -2.26. The van der Waals surface area contributed by atoms with E-state index >= 15 is 0 Å². The summed E-state index contributed by atoms with van der Waals surface area (Å²) >= 11 is 10.9. The van der Waals surface area contributed by atoms with Gasteiger partial charge in [-0.3, -0.25) is 14.5 Å². The Balaban J connectivity index is 1.98. The molecule has 1 aliphatic heterocycles. The summed E-state index contributed by atoms with van der Waals surface area (Å²) in [6.07, 6.45) is 0. The minimum Gasteiger partial charge on any atom is -0.483 e. The number of nitrogens with zero attached hydrogens (tertiary/aromatic N) is 1. The molecule has 3 rings (SSSR count). The average molecular weight is 442 g/mol. The molecule has 0 saturated carbocycles. The lowest BCUT2D eigenvalue weighted by Crippen LogP contribution is -2.28. The third-order valence-electron chi connectivity index (χ3n) is 3.58. The van der Waals surface area contributed by atoms with Gasteiger partial charge in [0, 0.05) is 20.7 Å². The molecule has 0 radical (unpaired) electrons. The van der Waals surface area contributed by atoms with Gasteiger partial charge in [0.25, 0.3) is 5.91 Å². The first-order chi connectivity index (χ1) is 12.0. The second-order valence-electron chi connectivity index (χ2n) is 5.34. The van der Waals surface area contributed by atoms with Crippen LogP contribution in [0.2, 0.25) is 5.02 Å². The number of hydrogen-bond acceptors (Lipinski definition) is 4. The number of benzene rings is 2. The molecule has 2 aromatic carbocycles. The van der Waals surface area contributed by atoms with Crippen LogP contribution in [0.5, 0.6) is 5.75 Å². The molecule has 2 aromatic rings. The normalized spacial score (nSPS) is 17.0. The number of nitrogens with two attached hydrogens (primary N) is 1. The van der Waals surface area contributed by atoms with Crippen molar-refractivity contribution in [2.75, 3.05) is 17.3 Å². The van der Waals surface area contributed by atoms with Crippen molar-refractivity contribution >= 4 is 56.8 Å². The lowest BCUT2D eigenvalue weighted by molar-refractivity contribution is -0.120. The van der Waals surface area contributed by atoms with Gasteiger partial charge in [-0.2, -0.15) is 0 Å². The van der Waals surface area contributed by atoms with Gasteiger partial charge in [0.15, 0.2) is 6.61 Å². The van der Waals surface area contributed by atoms with Crippen LogP contribution >= 0.6 is 39.3 Å². The van der Waals surface area contributed by atoms with Gasteiger partial charge in [0.05, 0.1) is 5.75 Å². The van der Waals surface area contributed by atoms with Crippen molar-refractivity contribution in [2.24, 2.45) is 5.73 Å². The molecule has 2 N–H and O–H groups in total. The second-order valence-corrected chi connectivity index (χ2v) is 7.76. The molecule has 0 aliphatic carbocycles. The van der Waals surface area contributed by atoms with Gasteiger partial charge in [0.1, 0.15) is 11.1 Å². The minimum atomic E-state index is -0.557. The predicted octanol–water partition coefficient (Wildman–Crippen LogP) is 3.75. The van der Waals surface area contributed by atoms with Gasteiger partial charge in [-0.05, 0) is 42.5 Å². The number of primary amides is 1. The Hall–Kier alpha value is -1.70. The zero-order chi connectivity index (χ0) is 18.0. The van der Waals surface area contributed by atoms with Gasteiger partial charge >= 0.3 is 0 Å². The minimum absolute atomic E-state index is 0.00171. The summed E-state index contributed by atoms with van der Waals surface area (Å²) in [6.45, 7) is -0.221. The molecule has 1 aliphatic rings. The molecule has 1 saturated heterocycles. The first kappa shape index (κ1) is 18.1. The van der Waals surface area contributed by atoms with Crippen molar-refractivity contribution in [1.29, 1.82) is 0 Å². The van der Waals surface area contributed by atoms with Crippen LogP contribution in [0, 0.1) is 0 Å². The van der Waals surface area contributed by atoms with Crippen LogP contribution in [-0.4, -0.2) is 24.2 Å². The summed E-state index contributed by atoms with van der Waals surface area (Å²) < 4.78 is 6.39. The van der Waals surface area contributed by atoms with Crippen molar-refractivity contribution in [3.05, 3.63) is 57.5 Å². The number of carbonyl (C=O) groups excluding carboxylic acids is 2. The summed E-state index contributed by atoms with van der Waals surface area (Å²) in [5.41, 5.74) is 6.72. The maximum absolute atomic E-state index is 12.5. The van der Waals surface area contributed by atoms with Crippen molar-refractivity contribution < 1.29 is 14.3 Å². The fourth-order valence-electron chi connectivity index (χ4n) is 2.53. The molecule has 0 spiro atoms. The molecule has 0 aromatic heterocycles. The Labute approximate surface area is 162 Å². The fourth-order valence-corrected chi connectivity index (χ4v) is 4.22. The quantitative estimate of drug-likeness (QED) is 0.767. The Morgan fingerprint density at radius 1 is 1.32 bits per heavy atom. The van der Waals surface area contributed by atoms with E-state index in [1.54, 1.807) is 35.2 Å². The van der Waals surface area contributed by atoms with E-state index in [2.05, 4.69) is 15.9 Å². The molecular formula is C17H14BrClN2O3S. The van der Waals surface area contributed by atoms with Crippen molar-refractivity contribution in [3.63, 3.8) is 0 Å². The van der Waals surface area contributed by atoms with Gasteiger partial charge in [0.2, 0.25) is 5.91 Å². The highest BCUT2D eigenvalue weighted by Crippen LogP contribution is 2.45.